The molecule has 2 aromatic rings. The third-order valence-corrected chi connectivity index (χ3v) is 4.03. The van der Waals surface area contributed by atoms with Crippen LogP contribution in [0.1, 0.15) is 28.1 Å². The number of rotatable bonds is 2. The van der Waals surface area contributed by atoms with Crippen molar-refractivity contribution in [2.75, 3.05) is 6.54 Å². The van der Waals surface area contributed by atoms with Gasteiger partial charge >= 0.3 is 12.1 Å². The standard InChI is InChI=1S/C16H16F2N2O3/c1-10-13(11(2)23-19-10)9-22-15(21)20-8-7-12-5-3-4-6-14(12)16(20,17)18/h3-6H,7-9H2,1-2H3. The van der Waals surface area contributed by atoms with Crippen LogP contribution in [-0.4, -0.2) is 22.7 Å². The minimum Gasteiger partial charge on any atom is -0.444 e. The van der Waals surface area contributed by atoms with Crippen molar-refractivity contribution in [2.24, 2.45) is 0 Å². The molecule has 1 amide bonds. The highest BCUT2D eigenvalue weighted by molar-refractivity contribution is 5.69. The van der Waals surface area contributed by atoms with Crippen molar-refractivity contribution in [2.45, 2.75) is 32.9 Å². The molecule has 1 aliphatic heterocycles. The van der Waals surface area contributed by atoms with Crippen molar-refractivity contribution in [3.05, 3.63) is 52.4 Å². The Kier molecular flexibility index (Phi) is 3.79. The predicted molar refractivity (Wildman–Crippen MR) is 76.9 cm³/mol. The smallest absolute Gasteiger partial charge is 0.415 e. The van der Waals surface area contributed by atoms with Crippen molar-refractivity contribution in [1.29, 1.82) is 0 Å². The van der Waals surface area contributed by atoms with E-state index in [4.69, 9.17) is 9.26 Å². The quantitative estimate of drug-likeness (QED) is 0.794. The van der Waals surface area contributed by atoms with Gasteiger partial charge in [0.2, 0.25) is 0 Å². The first-order valence-corrected chi connectivity index (χ1v) is 7.23. The van der Waals surface area contributed by atoms with E-state index in [9.17, 15) is 13.6 Å². The van der Waals surface area contributed by atoms with E-state index in [-0.39, 0.29) is 18.7 Å². The molecule has 7 heteroatoms. The molecular weight excluding hydrogens is 306 g/mol. The van der Waals surface area contributed by atoms with E-state index in [0.717, 1.165) is 0 Å². The summed E-state index contributed by atoms with van der Waals surface area (Å²) in [5.74, 6) is 0.506. The normalized spacial score (nSPS) is 16.1. The number of halogens is 2. The second-order valence-corrected chi connectivity index (χ2v) is 5.46. The highest BCUT2D eigenvalue weighted by Crippen LogP contribution is 2.38. The molecule has 0 N–H and O–H groups in total. The molecule has 1 aromatic carbocycles. The fourth-order valence-corrected chi connectivity index (χ4v) is 2.68. The predicted octanol–water partition coefficient (Wildman–Crippen LogP) is 3.54. The van der Waals surface area contributed by atoms with Crippen LogP contribution >= 0.6 is 0 Å². The Hall–Kier alpha value is -2.44. The van der Waals surface area contributed by atoms with Crippen LogP contribution in [0.5, 0.6) is 0 Å². The van der Waals surface area contributed by atoms with Gasteiger partial charge in [-0.05, 0) is 25.8 Å². The Bertz CT molecular complexity index is 723. The van der Waals surface area contributed by atoms with Gasteiger partial charge in [-0.1, -0.05) is 29.4 Å². The van der Waals surface area contributed by atoms with Gasteiger partial charge in [0, 0.05) is 12.1 Å². The van der Waals surface area contributed by atoms with Crippen LogP contribution in [0.4, 0.5) is 13.6 Å². The lowest BCUT2D eigenvalue weighted by Crippen LogP contribution is -2.48. The Morgan fingerprint density at radius 1 is 1.39 bits per heavy atom. The van der Waals surface area contributed by atoms with E-state index in [2.05, 4.69) is 5.16 Å². The highest BCUT2D eigenvalue weighted by atomic mass is 19.3. The number of fused-ring (bicyclic) bond motifs is 1. The summed E-state index contributed by atoms with van der Waals surface area (Å²) in [5, 5.41) is 3.74. The van der Waals surface area contributed by atoms with Gasteiger partial charge in [-0.15, -0.1) is 0 Å². The first kappa shape index (κ1) is 15.5. The number of alkyl halides is 2. The van der Waals surface area contributed by atoms with E-state index >= 15 is 0 Å². The molecule has 2 heterocycles. The van der Waals surface area contributed by atoms with Crippen LogP contribution in [0.2, 0.25) is 0 Å². The van der Waals surface area contributed by atoms with Gasteiger partial charge in [0.1, 0.15) is 12.4 Å². The number of carbonyl (C=O) groups is 1. The molecule has 0 unspecified atom stereocenters. The van der Waals surface area contributed by atoms with Gasteiger partial charge < -0.3 is 9.26 Å². The molecule has 0 bridgehead atoms. The van der Waals surface area contributed by atoms with Gasteiger partial charge in [0.25, 0.3) is 0 Å². The van der Waals surface area contributed by atoms with E-state index in [0.29, 0.717) is 33.9 Å². The number of amides is 1. The second kappa shape index (κ2) is 5.64. The molecule has 0 saturated carbocycles. The lowest BCUT2D eigenvalue weighted by atomic mass is 9.98. The molecule has 1 aliphatic rings. The molecule has 23 heavy (non-hydrogen) atoms. The zero-order valence-corrected chi connectivity index (χ0v) is 12.8. The maximum absolute atomic E-state index is 14.5. The third kappa shape index (κ3) is 2.67. The zero-order valence-electron chi connectivity index (χ0n) is 12.8. The molecule has 0 aliphatic carbocycles. The third-order valence-electron chi connectivity index (χ3n) is 4.03. The summed E-state index contributed by atoms with van der Waals surface area (Å²) in [5.41, 5.74) is 1.57. The van der Waals surface area contributed by atoms with Crippen LogP contribution in [0, 0.1) is 13.8 Å². The summed E-state index contributed by atoms with van der Waals surface area (Å²) in [7, 11) is 0. The number of carbonyl (C=O) groups excluding carboxylic acids is 1. The molecule has 122 valence electrons. The Labute approximate surface area is 131 Å². The van der Waals surface area contributed by atoms with Crippen molar-refractivity contribution in [3.8, 4) is 0 Å². The van der Waals surface area contributed by atoms with Crippen molar-refractivity contribution < 1.29 is 22.8 Å². The van der Waals surface area contributed by atoms with Crippen LogP contribution in [0.25, 0.3) is 0 Å². The molecule has 0 fully saturated rings. The molecule has 0 spiro atoms. The molecule has 0 radical (unpaired) electrons. The van der Waals surface area contributed by atoms with Crippen LogP contribution in [-0.2, 0) is 23.8 Å². The largest absolute Gasteiger partial charge is 0.444 e. The minimum atomic E-state index is -3.38. The first-order valence-electron chi connectivity index (χ1n) is 7.23. The van der Waals surface area contributed by atoms with Crippen molar-refractivity contribution in [3.63, 3.8) is 0 Å². The molecular formula is C16H16F2N2O3. The number of aromatic nitrogens is 1. The van der Waals surface area contributed by atoms with Crippen LogP contribution < -0.4 is 0 Å². The van der Waals surface area contributed by atoms with Crippen LogP contribution in [0.3, 0.4) is 0 Å². The molecule has 3 rings (SSSR count). The maximum atomic E-state index is 14.5. The number of benzene rings is 1. The molecule has 0 atom stereocenters. The summed E-state index contributed by atoms with van der Waals surface area (Å²) >= 11 is 0. The summed E-state index contributed by atoms with van der Waals surface area (Å²) < 4.78 is 39.1. The Morgan fingerprint density at radius 3 is 2.83 bits per heavy atom. The van der Waals surface area contributed by atoms with Crippen LogP contribution in [0.15, 0.2) is 28.8 Å². The fraction of sp³-hybridized carbons (Fsp3) is 0.375. The van der Waals surface area contributed by atoms with E-state index in [1.165, 1.54) is 12.1 Å². The van der Waals surface area contributed by atoms with Gasteiger partial charge in [-0.2, -0.15) is 8.78 Å². The van der Waals surface area contributed by atoms with Gasteiger partial charge in [0.15, 0.2) is 0 Å². The summed E-state index contributed by atoms with van der Waals surface area (Å²) in [6, 6.07) is 2.84. The molecule has 1 aromatic heterocycles. The number of hydrogen-bond acceptors (Lipinski definition) is 4. The van der Waals surface area contributed by atoms with Crippen molar-refractivity contribution >= 4 is 6.09 Å². The number of aryl methyl sites for hydroxylation is 2. The number of hydrogen-bond donors (Lipinski definition) is 0. The maximum Gasteiger partial charge on any atom is 0.415 e. The molecule has 5 nitrogen and oxygen atoms in total. The second-order valence-electron chi connectivity index (χ2n) is 5.46. The van der Waals surface area contributed by atoms with Gasteiger partial charge in [0.05, 0.1) is 11.3 Å². The Morgan fingerprint density at radius 2 is 2.13 bits per heavy atom. The summed E-state index contributed by atoms with van der Waals surface area (Å²) in [6.07, 6.45) is -0.684. The van der Waals surface area contributed by atoms with Gasteiger partial charge in [-0.25, -0.2) is 9.69 Å². The number of nitrogens with zero attached hydrogens (tertiary/aromatic N) is 2. The monoisotopic (exact) mass is 322 g/mol. The zero-order chi connectivity index (χ0) is 16.6. The highest BCUT2D eigenvalue weighted by Gasteiger charge is 2.47. The lowest BCUT2D eigenvalue weighted by molar-refractivity contribution is -0.146. The van der Waals surface area contributed by atoms with E-state index < -0.39 is 12.1 Å². The van der Waals surface area contributed by atoms with Gasteiger partial charge in [-0.3, -0.25) is 0 Å². The minimum absolute atomic E-state index is 0.0928. The fourth-order valence-electron chi connectivity index (χ4n) is 2.68. The van der Waals surface area contributed by atoms with Crippen molar-refractivity contribution in [1.82, 2.24) is 10.1 Å². The SMILES string of the molecule is Cc1noc(C)c1COC(=O)N1CCc2ccccc2C1(F)F. The Balaban J connectivity index is 1.76. The molecule has 0 saturated heterocycles. The summed E-state index contributed by atoms with van der Waals surface area (Å²) in [6.45, 7) is 3.14. The number of ether oxygens (including phenoxy) is 1. The first-order chi connectivity index (χ1) is 10.9. The topological polar surface area (TPSA) is 55.6 Å². The average Bonchev–Trinajstić information content (AvgIpc) is 2.84. The van der Waals surface area contributed by atoms with E-state index in [1.54, 1.807) is 26.0 Å². The lowest BCUT2D eigenvalue weighted by Gasteiger charge is -2.35. The van der Waals surface area contributed by atoms with E-state index in [1.807, 2.05) is 0 Å². The summed E-state index contributed by atoms with van der Waals surface area (Å²) in [4.78, 5) is 12.6. The average molecular weight is 322 g/mol.